The minimum Gasteiger partial charge on any atom is -0.457 e. The third-order valence-electron chi connectivity index (χ3n) is 4.52. The molecule has 2 heterocycles. The topological polar surface area (TPSA) is 33.5 Å². The van der Waals surface area contributed by atoms with Gasteiger partial charge in [0.1, 0.15) is 11.5 Å². The van der Waals surface area contributed by atoms with E-state index in [1.165, 1.54) is 17.0 Å². The van der Waals surface area contributed by atoms with Gasteiger partial charge in [-0.15, -0.1) is 0 Å². The lowest BCUT2D eigenvalue weighted by Crippen LogP contribution is -2.28. The van der Waals surface area contributed by atoms with Crippen LogP contribution >= 0.6 is 24.0 Å². The molecule has 0 aliphatic carbocycles. The number of hydrogen-bond donors (Lipinski definition) is 0. The van der Waals surface area contributed by atoms with Crippen LogP contribution in [-0.4, -0.2) is 10.2 Å². The maximum Gasteiger partial charge on any atom is 0.416 e. The summed E-state index contributed by atoms with van der Waals surface area (Å²) in [4.78, 5) is 14.7. The summed E-state index contributed by atoms with van der Waals surface area (Å²) in [7, 11) is 0. The number of benzene rings is 2. The van der Waals surface area contributed by atoms with E-state index in [1.54, 1.807) is 18.2 Å². The molecule has 0 bridgehead atoms. The summed E-state index contributed by atoms with van der Waals surface area (Å²) in [5, 5.41) is 0. The van der Waals surface area contributed by atoms with Gasteiger partial charge in [-0.05, 0) is 42.8 Å². The van der Waals surface area contributed by atoms with Gasteiger partial charge < -0.3 is 4.42 Å². The number of rotatable bonds is 3. The van der Waals surface area contributed by atoms with Crippen LogP contribution in [0.5, 0.6) is 0 Å². The molecule has 30 heavy (non-hydrogen) atoms. The molecule has 0 N–H and O–H groups in total. The van der Waals surface area contributed by atoms with E-state index in [0.29, 0.717) is 26.2 Å². The Morgan fingerprint density at radius 3 is 2.57 bits per heavy atom. The third kappa shape index (κ3) is 3.93. The molecular formula is C22H14F3NO2S2. The lowest BCUT2D eigenvalue weighted by molar-refractivity contribution is -0.137. The number of para-hydroxylation sites is 1. The highest BCUT2D eigenvalue weighted by atomic mass is 32.2. The van der Waals surface area contributed by atoms with E-state index in [4.69, 9.17) is 16.6 Å². The van der Waals surface area contributed by atoms with E-state index >= 15 is 0 Å². The predicted octanol–water partition coefficient (Wildman–Crippen LogP) is 6.68. The third-order valence-corrected chi connectivity index (χ3v) is 5.83. The Morgan fingerprint density at radius 1 is 1.07 bits per heavy atom. The van der Waals surface area contributed by atoms with Crippen molar-refractivity contribution in [2.75, 3.05) is 4.90 Å². The lowest BCUT2D eigenvalue weighted by atomic mass is 10.1. The number of carbonyl (C=O) groups is 1. The van der Waals surface area contributed by atoms with Gasteiger partial charge in [-0.1, -0.05) is 54.3 Å². The first kappa shape index (κ1) is 20.4. The zero-order valence-corrected chi connectivity index (χ0v) is 17.2. The first-order chi connectivity index (χ1) is 14.2. The maximum absolute atomic E-state index is 12.9. The van der Waals surface area contributed by atoms with Crippen LogP contribution in [0, 0.1) is 6.92 Å². The van der Waals surface area contributed by atoms with Gasteiger partial charge in [0.25, 0.3) is 5.91 Å². The number of amides is 1. The number of thiocarbonyl (C=S) groups is 1. The fourth-order valence-corrected chi connectivity index (χ4v) is 4.32. The van der Waals surface area contributed by atoms with Crippen molar-refractivity contribution in [3.8, 4) is 11.3 Å². The molecular weight excluding hydrogens is 431 g/mol. The van der Waals surface area contributed by atoms with E-state index in [2.05, 4.69) is 0 Å². The molecule has 1 amide bonds. The SMILES string of the molecule is Cc1ccccc1N1C(=O)C(=Cc2ccc(-c3cccc(C(F)(F)F)c3)o2)SC1=S. The van der Waals surface area contributed by atoms with Crippen LogP contribution in [-0.2, 0) is 11.0 Å². The number of anilines is 1. The number of halogens is 3. The first-order valence-electron chi connectivity index (χ1n) is 8.85. The summed E-state index contributed by atoms with van der Waals surface area (Å²) in [6.45, 7) is 1.89. The summed E-state index contributed by atoms with van der Waals surface area (Å²) in [6.07, 6.45) is -2.89. The van der Waals surface area contributed by atoms with Crippen molar-refractivity contribution in [2.24, 2.45) is 0 Å². The molecule has 152 valence electrons. The van der Waals surface area contributed by atoms with Gasteiger partial charge >= 0.3 is 6.18 Å². The fourth-order valence-electron chi connectivity index (χ4n) is 3.05. The van der Waals surface area contributed by atoms with Crippen molar-refractivity contribution in [1.82, 2.24) is 0 Å². The normalized spacial score (nSPS) is 16.0. The van der Waals surface area contributed by atoms with Crippen molar-refractivity contribution >= 4 is 46.0 Å². The molecule has 0 radical (unpaired) electrons. The molecule has 1 aliphatic heterocycles. The number of furan rings is 1. The Balaban J connectivity index is 1.62. The van der Waals surface area contributed by atoms with Crippen LogP contribution in [0.1, 0.15) is 16.9 Å². The van der Waals surface area contributed by atoms with Crippen LogP contribution in [0.25, 0.3) is 17.4 Å². The summed E-state index contributed by atoms with van der Waals surface area (Å²) >= 11 is 6.52. The average Bonchev–Trinajstić information content (AvgIpc) is 3.27. The largest absolute Gasteiger partial charge is 0.457 e. The average molecular weight is 445 g/mol. The standard InChI is InChI=1S/C22H14F3NO2S2/c1-13-5-2-3-8-17(13)26-20(27)19(30-21(26)29)12-16-9-10-18(28-16)14-6-4-7-15(11-14)22(23,24)25/h2-12H,1H3. The molecule has 1 saturated heterocycles. The molecule has 0 saturated carbocycles. The van der Waals surface area contributed by atoms with Gasteiger partial charge in [-0.2, -0.15) is 13.2 Å². The number of thioether (sulfide) groups is 1. The van der Waals surface area contributed by atoms with Crippen molar-refractivity contribution in [3.63, 3.8) is 0 Å². The highest BCUT2D eigenvalue weighted by molar-refractivity contribution is 8.27. The highest BCUT2D eigenvalue weighted by Crippen LogP contribution is 2.38. The quantitative estimate of drug-likeness (QED) is 0.333. The van der Waals surface area contributed by atoms with Crippen molar-refractivity contribution in [3.05, 3.63) is 82.5 Å². The molecule has 3 nitrogen and oxygen atoms in total. The molecule has 8 heteroatoms. The van der Waals surface area contributed by atoms with Crippen LogP contribution < -0.4 is 4.90 Å². The summed E-state index contributed by atoms with van der Waals surface area (Å²) < 4.78 is 44.9. The fraction of sp³-hybridized carbons (Fsp3) is 0.0909. The molecule has 0 unspecified atom stereocenters. The second-order valence-corrected chi connectivity index (χ2v) is 8.26. The van der Waals surface area contributed by atoms with Crippen LogP contribution in [0.15, 0.2) is 70.0 Å². The van der Waals surface area contributed by atoms with Gasteiger partial charge in [0.05, 0.1) is 16.2 Å². The molecule has 4 rings (SSSR count). The molecule has 1 aliphatic rings. The van der Waals surface area contributed by atoms with E-state index in [-0.39, 0.29) is 11.7 Å². The van der Waals surface area contributed by atoms with Crippen molar-refractivity contribution < 1.29 is 22.4 Å². The zero-order chi connectivity index (χ0) is 21.5. The van der Waals surface area contributed by atoms with Gasteiger partial charge in [0.15, 0.2) is 4.32 Å². The second kappa shape index (κ2) is 7.77. The zero-order valence-electron chi connectivity index (χ0n) is 15.6. The molecule has 3 aromatic rings. The summed E-state index contributed by atoms with van der Waals surface area (Å²) in [5.74, 6) is 0.366. The predicted molar refractivity (Wildman–Crippen MR) is 116 cm³/mol. The van der Waals surface area contributed by atoms with E-state index in [9.17, 15) is 18.0 Å². The van der Waals surface area contributed by atoms with Crippen molar-refractivity contribution in [1.29, 1.82) is 0 Å². The highest BCUT2D eigenvalue weighted by Gasteiger charge is 2.34. The number of hydrogen-bond acceptors (Lipinski definition) is 4. The lowest BCUT2D eigenvalue weighted by Gasteiger charge is -2.16. The smallest absolute Gasteiger partial charge is 0.416 e. The minimum atomic E-state index is -4.44. The van der Waals surface area contributed by atoms with Crippen LogP contribution in [0.4, 0.5) is 18.9 Å². The minimum absolute atomic E-state index is 0.267. The molecule has 0 spiro atoms. The Kier molecular flexibility index (Phi) is 5.29. The first-order valence-corrected chi connectivity index (χ1v) is 10.1. The van der Waals surface area contributed by atoms with E-state index in [0.717, 1.165) is 29.5 Å². The summed E-state index contributed by atoms with van der Waals surface area (Å²) in [5.41, 5.74) is 1.18. The van der Waals surface area contributed by atoms with Gasteiger partial charge in [-0.25, -0.2) is 0 Å². The molecule has 2 aromatic carbocycles. The molecule has 1 aromatic heterocycles. The second-order valence-electron chi connectivity index (χ2n) is 6.58. The number of nitrogens with zero attached hydrogens (tertiary/aromatic N) is 1. The van der Waals surface area contributed by atoms with Gasteiger partial charge in [-0.3, -0.25) is 9.69 Å². The number of aryl methyl sites for hydroxylation is 1. The van der Waals surface area contributed by atoms with E-state index < -0.39 is 11.7 Å². The Morgan fingerprint density at radius 2 is 1.83 bits per heavy atom. The van der Waals surface area contributed by atoms with Crippen LogP contribution in [0.2, 0.25) is 0 Å². The van der Waals surface area contributed by atoms with E-state index in [1.807, 2.05) is 31.2 Å². The molecule has 0 atom stereocenters. The van der Waals surface area contributed by atoms with Gasteiger partial charge in [0, 0.05) is 11.6 Å². The van der Waals surface area contributed by atoms with Crippen molar-refractivity contribution in [2.45, 2.75) is 13.1 Å². The van der Waals surface area contributed by atoms with Gasteiger partial charge in [0.2, 0.25) is 0 Å². The monoisotopic (exact) mass is 445 g/mol. The number of alkyl halides is 3. The number of carbonyl (C=O) groups excluding carboxylic acids is 1. The molecule has 1 fully saturated rings. The Hall–Kier alpha value is -2.84. The summed E-state index contributed by atoms with van der Waals surface area (Å²) in [6, 6.07) is 15.5. The Bertz CT molecular complexity index is 1180. The maximum atomic E-state index is 12.9. The Labute approximate surface area is 180 Å². The van der Waals surface area contributed by atoms with Crippen LogP contribution in [0.3, 0.4) is 0 Å².